The van der Waals surface area contributed by atoms with E-state index in [0.29, 0.717) is 5.92 Å². The van der Waals surface area contributed by atoms with Crippen LogP contribution in [0.4, 0.5) is 0 Å². The number of hydrogen-bond donors (Lipinski definition) is 1. The molecule has 0 saturated heterocycles. The molecule has 19 heavy (non-hydrogen) atoms. The predicted octanol–water partition coefficient (Wildman–Crippen LogP) is 4.25. The second-order valence-corrected chi connectivity index (χ2v) is 6.39. The molecule has 2 rings (SSSR count). The van der Waals surface area contributed by atoms with E-state index < -0.39 is 5.97 Å². The minimum absolute atomic E-state index is 0.131. The molecule has 1 aromatic carbocycles. The first kappa shape index (κ1) is 13.9. The molecule has 0 spiro atoms. The highest BCUT2D eigenvalue weighted by atomic mass is 16.4. The van der Waals surface area contributed by atoms with Crippen molar-refractivity contribution in [3.8, 4) is 0 Å². The van der Waals surface area contributed by atoms with Crippen molar-refractivity contribution in [3.63, 3.8) is 0 Å². The van der Waals surface area contributed by atoms with Gasteiger partial charge in [0.2, 0.25) is 0 Å². The Labute approximate surface area is 115 Å². The monoisotopic (exact) mass is 258 g/mol. The van der Waals surface area contributed by atoms with E-state index >= 15 is 0 Å². The Morgan fingerprint density at radius 2 is 1.79 bits per heavy atom. The third-order valence-corrected chi connectivity index (χ3v) is 3.91. The van der Waals surface area contributed by atoms with E-state index in [1.54, 1.807) is 0 Å². The van der Waals surface area contributed by atoms with Crippen molar-refractivity contribution in [3.05, 3.63) is 41.5 Å². The average Bonchev–Trinajstić information content (AvgIpc) is 2.24. The standard InChI is InChI=1S/C17H22O2/c1-17(2,3)14-9-7-13(8-10-14)15(11-16(18)19)12-5-4-6-12/h7-12H,4-6H2,1-3H3,(H,18,19)/b15-11+. The molecule has 102 valence electrons. The molecule has 1 saturated carbocycles. The van der Waals surface area contributed by atoms with Crippen LogP contribution in [-0.2, 0) is 10.2 Å². The highest BCUT2D eigenvalue weighted by Crippen LogP contribution is 2.39. The van der Waals surface area contributed by atoms with Crippen molar-refractivity contribution < 1.29 is 9.90 Å². The topological polar surface area (TPSA) is 37.3 Å². The highest BCUT2D eigenvalue weighted by molar-refractivity contribution is 5.90. The summed E-state index contributed by atoms with van der Waals surface area (Å²) < 4.78 is 0. The Hall–Kier alpha value is -1.57. The molecule has 1 aromatic rings. The smallest absolute Gasteiger partial charge is 0.328 e. The number of allylic oxidation sites excluding steroid dienone is 1. The van der Waals surface area contributed by atoms with Crippen LogP contribution >= 0.6 is 0 Å². The molecule has 0 bridgehead atoms. The predicted molar refractivity (Wildman–Crippen MR) is 78.1 cm³/mol. The van der Waals surface area contributed by atoms with Gasteiger partial charge in [-0.05, 0) is 40.9 Å². The Bertz CT molecular complexity index is 485. The van der Waals surface area contributed by atoms with Gasteiger partial charge in [0.1, 0.15) is 0 Å². The lowest BCUT2D eigenvalue weighted by Crippen LogP contribution is -2.15. The summed E-state index contributed by atoms with van der Waals surface area (Å²) >= 11 is 0. The van der Waals surface area contributed by atoms with Gasteiger partial charge in [0, 0.05) is 6.08 Å². The fourth-order valence-corrected chi connectivity index (χ4v) is 2.45. The summed E-state index contributed by atoms with van der Waals surface area (Å²) in [7, 11) is 0. The normalized spacial score (nSPS) is 17.1. The van der Waals surface area contributed by atoms with Crippen LogP contribution in [0.1, 0.15) is 51.2 Å². The van der Waals surface area contributed by atoms with Crippen molar-refractivity contribution in [1.82, 2.24) is 0 Å². The molecule has 2 heteroatoms. The lowest BCUT2D eigenvalue weighted by molar-refractivity contribution is -0.131. The van der Waals surface area contributed by atoms with Gasteiger partial charge in [-0.3, -0.25) is 0 Å². The summed E-state index contributed by atoms with van der Waals surface area (Å²) in [6, 6.07) is 8.36. The van der Waals surface area contributed by atoms with Gasteiger partial charge in [-0.2, -0.15) is 0 Å². The molecule has 0 heterocycles. The van der Waals surface area contributed by atoms with Crippen molar-refractivity contribution in [2.45, 2.75) is 45.4 Å². The van der Waals surface area contributed by atoms with E-state index in [9.17, 15) is 4.79 Å². The largest absolute Gasteiger partial charge is 0.478 e. The Morgan fingerprint density at radius 3 is 2.16 bits per heavy atom. The fraction of sp³-hybridized carbons (Fsp3) is 0.471. The first-order chi connectivity index (χ1) is 8.88. The van der Waals surface area contributed by atoms with Gasteiger partial charge in [-0.25, -0.2) is 4.79 Å². The maximum absolute atomic E-state index is 11.0. The number of benzene rings is 1. The number of hydrogen-bond acceptors (Lipinski definition) is 1. The Kier molecular flexibility index (Phi) is 3.79. The minimum Gasteiger partial charge on any atom is -0.478 e. The minimum atomic E-state index is -0.846. The molecule has 2 nitrogen and oxygen atoms in total. The van der Waals surface area contributed by atoms with E-state index in [1.807, 2.05) is 0 Å². The summed E-state index contributed by atoms with van der Waals surface area (Å²) in [6.45, 7) is 6.55. The summed E-state index contributed by atoms with van der Waals surface area (Å²) in [4.78, 5) is 11.0. The lowest BCUT2D eigenvalue weighted by atomic mass is 9.76. The van der Waals surface area contributed by atoms with E-state index in [0.717, 1.165) is 24.0 Å². The van der Waals surface area contributed by atoms with Gasteiger partial charge in [0.05, 0.1) is 0 Å². The summed E-state index contributed by atoms with van der Waals surface area (Å²) in [5.74, 6) is -0.418. The molecule has 0 radical (unpaired) electrons. The van der Waals surface area contributed by atoms with Crippen LogP contribution in [0.5, 0.6) is 0 Å². The number of carbonyl (C=O) groups is 1. The summed E-state index contributed by atoms with van der Waals surface area (Å²) in [5.41, 5.74) is 3.45. The van der Waals surface area contributed by atoms with Crippen molar-refractivity contribution in [1.29, 1.82) is 0 Å². The molecule has 1 fully saturated rings. The van der Waals surface area contributed by atoms with E-state index in [2.05, 4.69) is 45.0 Å². The van der Waals surface area contributed by atoms with Gasteiger partial charge in [-0.15, -0.1) is 0 Å². The molecular weight excluding hydrogens is 236 g/mol. The van der Waals surface area contributed by atoms with Crippen LogP contribution in [0.25, 0.3) is 5.57 Å². The number of carboxylic acids is 1. The van der Waals surface area contributed by atoms with Gasteiger partial charge in [0.25, 0.3) is 0 Å². The highest BCUT2D eigenvalue weighted by Gasteiger charge is 2.24. The molecule has 0 aromatic heterocycles. The maximum atomic E-state index is 11.0. The first-order valence-electron chi connectivity index (χ1n) is 6.93. The van der Waals surface area contributed by atoms with Gasteiger partial charge >= 0.3 is 5.97 Å². The van der Waals surface area contributed by atoms with Crippen LogP contribution < -0.4 is 0 Å². The lowest BCUT2D eigenvalue weighted by Gasteiger charge is -2.28. The Balaban J connectivity index is 2.30. The quantitative estimate of drug-likeness (QED) is 0.823. The third kappa shape index (κ3) is 3.25. The molecule has 1 aliphatic rings. The van der Waals surface area contributed by atoms with Crippen LogP contribution in [-0.4, -0.2) is 11.1 Å². The zero-order chi connectivity index (χ0) is 14.0. The van der Waals surface area contributed by atoms with Gasteiger partial charge in [0.15, 0.2) is 0 Å². The zero-order valence-electron chi connectivity index (χ0n) is 11.9. The molecule has 0 aliphatic heterocycles. The average molecular weight is 258 g/mol. The third-order valence-electron chi connectivity index (χ3n) is 3.91. The molecule has 0 atom stereocenters. The van der Waals surface area contributed by atoms with Crippen LogP contribution in [0.15, 0.2) is 30.3 Å². The molecule has 0 amide bonds. The van der Waals surface area contributed by atoms with E-state index in [4.69, 9.17) is 5.11 Å². The number of carboxylic acid groups (broad SMARTS) is 1. The van der Waals surface area contributed by atoms with Crippen molar-refractivity contribution in [2.75, 3.05) is 0 Å². The maximum Gasteiger partial charge on any atom is 0.328 e. The Morgan fingerprint density at radius 1 is 1.21 bits per heavy atom. The van der Waals surface area contributed by atoms with Gasteiger partial charge < -0.3 is 5.11 Å². The molecule has 1 aliphatic carbocycles. The first-order valence-corrected chi connectivity index (χ1v) is 6.93. The fourth-order valence-electron chi connectivity index (χ4n) is 2.45. The van der Waals surface area contributed by atoms with Crippen LogP contribution in [0.2, 0.25) is 0 Å². The number of rotatable bonds is 3. The van der Waals surface area contributed by atoms with E-state index in [1.165, 1.54) is 18.1 Å². The zero-order valence-corrected chi connectivity index (χ0v) is 11.9. The second-order valence-electron chi connectivity index (χ2n) is 6.39. The summed E-state index contributed by atoms with van der Waals surface area (Å²) in [6.07, 6.45) is 4.82. The van der Waals surface area contributed by atoms with E-state index in [-0.39, 0.29) is 5.41 Å². The molecule has 1 N–H and O–H groups in total. The van der Waals surface area contributed by atoms with Crippen molar-refractivity contribution >= 4 is 11.5 Å². The van der Waals surface area contributed by atoms with Crippen molar-refractivity contribution in [2.24, 2.45) is 5.92 Å². The van der Waals surface area contributed by atoms with Crippen LogP contribution in [0, 0.1) is 5.92 Å². The number of aliphatic carboxylic acids is 1. The molecule has 0 unspecified atom stereocenters. The molecular formula is C17H22O2. The van der Waals surface area contributed by atoms with Crippen LogP contribution in [0.3, 0.4) is 0 Å². The summed E-state index contributed by atoms with van der Waals surface area (Å²) in [5, 5.41) is 9.02. The second kappa shape index (κ2) is 5.20. The van der Waals surface area contributed by atoms with Gasteiger partial charge in [-0.1, -0.05) is 51.5 Å². The SMILES string of the molecule is CC(C)(C)c1ccc(/C(=C/C(=O)O)C2CCC2)cc1.